The zero-order chi connectivity index (χ0) is 17.4. The Hall–Kier alpha value is -1.84. The molecule has 24 heavy (non-hydrogen) atoms. The van der Waals surface area contributed by atoms with E-state index >= 15 is 0 Å². The van der Waals surface area contributed by atoms with E-state index in [1.807, 2.05) is 18.2 Å². The van der Waals surface area contributed by atoms with Gasteiger partial charge in [0, 0.05) is 13.8 Å². The number of esters is 2. The first kappa shape index (κ1) is 18.5. The van der Waals surface area contributed by atoms with Gasteiger partial charge < -0.3 is 9.47 Å². The predicted octanol–water partition coefficient (Wildman–Crippen LogP) is 4.06. The van der Waals surface area contributed by atoms with Crippen LogP contribution in [0.5, 0.6) is 0 Å². The first-order valence-electron chi connectivity index (χ1n) is 8.94. The molecule has 4 heteroatoms. The number of benzene rings is 1. The Labute approximate surface area is 144 Å². The second-order valence-electron chi connectivity index (χ2n) is 6.64. The molecular weight excluding hydrogens is 304 g/mol. The van der Waals surface area contributed by atoms with Crippen LogP contribution in [0.15, 0.2) is 30.3 Å². The van der Waals surface area contributed by atoms with Gasteiger partial charge in [-0.3, -0.25) is 9.59 Å². The van der Waals surface area contributed by atoms with Crippen LogP contribution in [0.25, 0.3) is 0 Å². The molecule has 0 spiro atoms. The lowest BCUT2D eigenvalue weighted by molar-refractivity contribution is -0.171. The van der Waals surface area contributed by atoms with Crippen LogP contribution < -0.4 is 0 Å². The van der Waals surface area contributed by atoms with Crippen molar-refractivity contribution < 1.29 is 19.1 Å². The van der Waals surface area contributed by atoms with Crippen molar-refractivity contribution in [2.24, 2.45) is 5.92 Å². The van der Waals surface area contributed by atoms with Crippen LogP contribution in [0, 0.1) is 5.92 Å². The summed E-state index contributed by atoms with van der Waals surface area (Å²) in [5, 5.41) is 0. The third kappa shape index (κ3) is 5.99. The minimum absolute atomic E-state index is 0.280. The van der Waals surface area contributed by atoms with Crippen molar-refractivity contribution in [2.75, 3.05) is 0 Å². The van der Waals surface area contributed by atoms with Crippen molar-refractivity contribution in [1.82, 2.24) is 0 Å². The van der Waals surface area contributed by atoms with E-state index in [2.05, 4.69) is 12.1 Å². The van der Waals surface area contributed by atoms with Gasteiger partial charge in [0.2, 0.25) is 0 Å². The third-order valence-electron chi connectivity index (χ3n) is 4.66. The van der Waals surface area contributed by atoms with Gasteiger partial charge in [0.25, 0.3) is 0 Å². The summed E-state index contributed by atoms with van der Waals surface area (Å²) in [6, 6.07) is 10.1. The summed E-state index contributed by atoms with van der Waals surface area (Å²) >= 11 is 0. The molecule has 1 aliphatic carbocycles. The zero-order valence-electron chi connectivity index (χ0n) is 14.7. The average molecular weight is 332 g/mol. The Kier molecular flexibility index (Phi) is 7.29. The van der Waals surface area contributed by atoms with E-state index in [9.17, 15) is 9.59 Å². The Morgan fingerprint density at radius 3 is 2.21 bits per heavy atom. The topological polar surface area (TPSA) is 52.6 Å². The van der Waals surface area contributed by atoms with Crippen LogP contribution in [-0.2, 0) is 25.5 Å². The van der Waals surface area contributed by atoms with Gasteiger partial charge in [-0.05, 0) is 37.2 Å². The van der Waals surface area contributed by atoms with Gasteiger partial charge >= 0.3 is 11.9 Å². The Bertz CT molecular complexity index is 520. The smallest absolute Gasteiger partial charge is 0.303 e. The highest BCUT2D eigenvalue weighted by atomic mass is 16.6. The summed E-state index contributed by atoms with van der Waals surface area (Å²) in [5.74, 6) is -0.341. The summed E-state index contributed by atoms with van der Waals surface area (Å²) in [4.78, 5) is 23.2. The molecule has 132 valence electrons. The number of aryl methyl sites for hydroxylation is 1. The Balaban J connectivity index is 2.10. The molecule has 1 aromatic rings. The number of hydrogen-bond donors (Lipinski definition) is 0. The van der Waals surface area contributed by atoms with Gasteiger partial charge in [-0.25, -0.2) is 0 Å². The minimum Gasteiger partial charge on any atom is -0.459 e. The molecule has 0 heterocycles. The van der Waals surface area contributed by atoms with E-state index in [0.717, 1.165) is 32.1 Å². The fourth-order valence-electron chi connectivity index (χ4n) is 3.59. The monoisotopic (exact) mass is 332 g/mol. The number of carbonyl (C=O) groups is 2. The van der Waals surface area contributed by atoms with E-state index in [4.69, 9.17) is 9.47 Å². The summed E-state index contributed by atoms with van der Waals surface area (Å²) in [6.45, 7) is 2.85. The standard InChI is InChI=1S/C20H28O4/c1-15(21)23-19(14-13-17-9-5-3-6-10-17)20(24-16(2)22)18-11-7-4-8-12-18/h3,5-6,9-10,18-20H,4,7-8,11-14H2,1-2H3/t19-,20-/m0/s1. The van der Waals surface area contributed by atoms with Crippen molar-refractivity contribution in [1.29, 1.82) is 0 Å². The van der Waals surface area contributed by atoms with Gasteiger partial charge in [-0.2, -0.15) is 0 Å². The SMILES string of the molecule is CC(=O)O[C@@H](CCc1ccccc1)[C@@H](OC(C)=O)C1CCCCC1. The van der Waals surface area contributed by atoms with Crippen LogP contribution >= 0.6 is 0 Å². The summed E-state index contributed by atoms with van der Waals surface area (Å²) in [6.07, 6.45) is 6.32. The lowest BCUT2D eigenvalue weighted by Gasteiger charge is -2.34. The maximum Gasteiger partial charge on any atom is 0.303 e. The molecule has 1 aromatic carbocycles. The van der Waals surface area contributed by atoms with E-state index in [1.165, 1.54) is 25.8 Å². The number of rotatable bonds is 7. The van der Waals surface area contributed by atoms with E-state index in [-0.39, 0.29) is 30.1 Å². The normalized spacial score (nSPS) is 17.8. The Morgan fingerprint density at radius 1 is 1.00 bits per heavy atom. The molecule has 0 radical (unpaired) electrons. The van der Waals surface area contributed by atoms with Crippen molar-refractivity contribution in [3.05, 3.63) is 35.9 Å². The van der Waals surface area contributed by atoms with Crippen LogP contribution in [0.2, 0.25) is 0 Å². The summed E-state index contributed by atoms with van der Waals surface area (Å²) in [5.41, 5.74) is 1.19. The predicted molar refractivity (Wildman–Crippen MR) is 92.4 cm³/mol. The van der Waals surface area contributed by atoms with Crippen LogP contribution in [0.3, 0.4) is 0 Å². The van der Waals surface area contributed by atoms with Gasteiger partial charge in [0.1, 0.15) is 12.2 Å². The highest BCUT2D eigenvalue weighted by Gasteiger charge is 2.35. The third-order valence-corrected chi connectivity index (χ3v) is 4.66. The second-order valence-corrected chi connectivity index (χ2v) is 6.64. The van der Waals surface area contributed by atoms with Crippen LogP contribution in [-0.4, -0.2) is 24.1 Å². The van der Waals surface area contributed by atoms with E-state index in [1.54, 1.807) is 0 Å². The molecule has 0 unspecified atom stereocenters. The van der Waals surface area contributed by atoms with Crippen molar-refractivity contribution in [3.8, 4) is 0 Å². The minimum atomic E-state index is -0.380. The second kappa shape index (κ2) is 9.45. The number of hydrogen-bond acceptors (Lipinski definition) is 4. The molecule has 1 aliphatic rings. The van der Waals surface area contributed by atoms with Gasteiger partial charge in [-0.15, -0.1) is 0 Å². The molecule has 0 amide bonds. The molecule has 0 aromatic heterocycles. The summed E-state index contributed by atoms with van der Waals surface area (Å²) in [7, 11) is 0. The highest BCUT2D eigenvalue weighted by Crippen LogP contribution is 2.32. The van der Waals surface area contributed by atoms with E-state index in [0.29, 0.717) is 6.42 Å². The molecule has 0 bridgehead atoms. The Morgan fingerprint density at radius 2 is 1.62 bits per heavy atom. The lowest BCUT2D eigenvalue weighted by atomic mass is 9.82. The van der Waals surface area contributed by atoms with Gasteiger partial charge in [-0.1, -0.05) is 49.6 Å². The lowest BCUT2D eigenvalue weighted by Crippen LogP contribution is -2.41. The molecule has 2 rings (SSSR count). The van der Waals surface area contributed by atoms with E-state index < -0.39 is 0 Å². The van der Waals surface area contributed by atoms with Crippen LogP contribution in [0.4, 0.5) is 0 Å². The molecule has 2 atom stereocenters. The van der Waals surface area contributed by atoms with Crippen molar-refractivity contribution >= 4 is 11.9 Å². The van der Waals surface area contributed by atoms with Crippen LogP contribution in [0.1, 0.15) is 57.9 Å². The first-order chi connectivity index (χ1) is 11.6. The number of carbonyl (C=O) groups excluding carboxylic acids is 2. The fraction of sp³-hybridized carbons (Fsp3) is 0.600. The molecule has 0 saturated heterocycles. The number of ether oxygens (including phenoxy) is 2. The molecule has 0 aliphatic heterocycles. The largest absolute Gasteiger partial charge is 0.459 e. The van der Waals surface area contributed by atoms with Crippen molar-refractivity contribution in [3.63, 3.8) is 0 Å². The maximum absolute atomic E-state index is 11.6. The molecule has 0 N–H and O–H groups in total. The average Bonchev–Trinajstić information content (AvgIpc) is 2.58. The molecule has 1 fully saturated rings. The fourth-order valence-corrected chi connectivity index (χ4v) is 3.59. The highest BCUT2D eigenvalue weighted by molar-refractivity contribution is 5.67. The first-order valence-corrected chi connectivity index (χ1v) is 8.94. The van der Waals surface area contributed by atoms with Gasteiger partial charge in [0.15, 0.2) is 0 Å². The van der Waals surface area contributed by atoms with Gasteiger partial charge in [0.05, 0.1) is 0 Å². The zero-order valence-corrected chi connectivity index (χ0v) is 14.7. The molecule has 1 saturated carbocycles. The van der Waals surface area contributed by atoms with Crippen molar-refractivity contribution in [2.45, 2.75) is 71.0 Å². The molecule has 4 nitrogen and oxygen atoms in total. The quantitative estimate of drug-likeness (QED) is 0.707. The maximum atomic E-state index is 11.6. The molecular formula is C20H28O4. The summed E-state index contributed by atoms with van der Waals surface area (Å²) < 4.78 is 11.2.